The van der Waals surface area contributed by atoms with Gasteiger partial charge >= 0.3 is 6.09 Å². The lowest BCUT2D eigenvalue weighted by Crippen LogP contribution is -2.49. The summed E-state index contributed by atoms with van der Waals surface area (Å²) >= 11 is 0. The van der Waals surface area contributed by atoms with Crippen LogP contribution in [0.25, 0.3) is 0 Å². The molecule has 0 saturated carbocycles. The Labute approximate surface area is 79.8 Å². The molecule has 0 radical (unpaired) electrons. The minimum Gasteiger partial charge on any atom is -0.450 e. The number of rotatable bonds is 5. The van der Waals surface area contributed by atoms with Crippen molar-refractivity contribution in [2.24, 2.45) is 5.73 Å². The van der Waals surface area contributed by atoms with E-state index in [-0.39, 0.29) is 11.6 Å². The second kappa shape index (κ2) is 5.80. The van der Waals surface area contributed by atoms with Crippen LogP contribution >= 0.6 is 0 Å². The first-order valence-electron chi connectivity index (χ1n) is 4.77. The minimum atomic E-state index is -0.390. The summed E-state index contributed by atoms with van der Waals surface area (Å²) in [6.07, 6.45) is 1.30. The molecule has 0 aliphatic heterocycles. The lowest BCUT2D eigenvalue weighted by atomic mass is 9.94. The van der Waals surface area contributed by atoms with E-state index in [2.05, 4.69) is 5.32 Å². The normalized spacial score (nSPS) is 11.1. The van der Waals surface area contributed by atoms with E-state index in [0.29, 0.717) is 13.2 Å². The Hall–Kier alpha value is -0.770. The zero-order chi connectivity index (χ0) is 10.3. The fourth-order valence-corrected chi connectivity index (χ4v) is 0.930. The van der Waals surface area contributed by atoms with Gasteiger partial charge in [0.15, 0.2) is 0 Å². The van der Waals surface area contributed by atoms with Crippen molar-refractivity contribution < 1.29 is 9.53 Å². The van der Waals surface area contributed by atoms with Crippen LogP contribution in [0.4, 0.5) is 4.79 Å². The van der Waals surface area contributed by atoms with E-state index in [1.165, 1.54) is 0 Å². The highest BCUT2D eigenvalue weighted by atomic mass is 16.5. The third kappa shape index (κ3) is 4.72. The third-order valence-corrected chi connectivity index (χ3v) is 2.27. The van der Waals surface area contributed by atoms with Crippen LogP contribution in [0.3, 0.4) is 0 Å². The maximum absolute atomic E-state index is 10.9. The number of carbonyl (C=O) groups excluding carboxylic acids is 1. The van der Waals surface area contributed by atoms with Crippen molar-refractivity contribution in [2.45, 2.75) is 39.2 Å². The zero-order valence-electron chi connectivity index (χ0n) is 8.72. The van der Waals surface area contributed by atoms with Gasteiger partial charge in [-0.2, -0.15) is 0 Å². The van der Waals surface area contributed by atoms with Gasteiger partial charge in [-0.1, -0.05) is 13.8 Å². The van der Waals surface area contributed by atoms with E-state index in [1.807, 2.05) is 13.8 Å². The predicted molar refractivity (Wildman–Crippen MR) is 52.5 cm³/mol. The van der Waals surface area contributed by atoms with Crippen LogP contribution in [0.5, 0.6) is 0 Å². The lowest BCUT2D eigenvalue weighted by molar-refractivity contribution is 0.149. The van der Waals surface area contributed by atoms with Gasteiger partial charge in [-0.15, -0.1) is 0 Å². The Balaban J connectivity index is 3.78. The topological polar surface area (TPSA) is 64.3 Å². The van der Waals surface area contributed by atoms with Gasteiger partial charge in [-0.25, -0.2) is 4.79 Å². The van der Waals surface area contributed by atoms with Crippen molar-refractivity contribution in [3.63, 3.8) is 0 Å². The van der Waals surface area contributed by atoms with Crippen molar-refractivity contribution in [3.05, 3.63) is 0 Å². The molecule has 0 aliphatic rings. The molecule has 0 spiro atoms. The van der Waals surface area contributed by atoms with E-state index in [1.54, 1.807) is 6.92 Å². The van der Waals surface area contributed by atoms with Crippen LogP contribution in [-0.4, -0.2) is 24.8 Å². The summed E-state index contributed by atoms with van der Waals surface area (Å²) in [6.45, 7) is 6.65. The maximum atomic E-state index is 10.9. The molecule has 0 aromatic carbocycles. The second-order valence-electron chi connectivity index (χ2n) is 3.14. The average molecular weight is 188 g/mol. The molecule has 0 rings (SSSR count). The van der Waals surface area contributed by atoms with E-state index < -0.39 is 0 Å². The molecule has 4 heteroatoms. The first-order chi connectivity index (χ1) is 6.08. The van der Waals surface area contributed by atoms with Crippen LogP contribution in [0, 0.1) is 0 Å². The van der Waals surface area contributed by atoms with Crippen molar-refractivity contribution >= 4 is 6.09 Å². The zero-order valence-corrected chi connectivity index (χ0v) is 8.72. The van der Waals surface area contributed by atoms with Gasteiger partial charge < -0.3 is 15.8 Å². The van der Waals surface area contributed by atoms with Crippen LogP contribution in [0.2, 0.25) is 0 Å². The molecule has 0 bridgehead atoms. The molecule has 4 nitrogen and oxygen atoms in total. The first-order valence-corrected chi connectivity index (χ1v) is 4.77. The fraction of sp³-hybridized carbons (Fsp3) is 0.889. The summed E-state index contributed by atoms with van der Waals surface area (Å²) in [5.41, 5.74) is 5.67. The molecule has 0 aromatic rings. The van der Waals surface area contributed by atoms with Crippen molar-refractivity contribution in [2.75, 3.05) is 13.2 Å². The van der Waals surface area contributed by atoms with E-state index in [4.69, 9.17) is 10.5 Å². The van der Waals surface area contributed by atoms with E-state index >= 15 is 0 Å². The molecule has 1 amide bonds. The number of nitrogens with one attached hydrogen (secondary N) is 1. The van der Waals surface area contributed by atoms with Gasteiger partial charge in [0, 0.05) is 12.1 Å². The molecule has 0 saturated heterocycles. The number of carbonyl (C=O) groups is 1. The number of hydrogen-bond acceptors (Lipinski definition) is 3. The number of amides is 1. The quantitative estimate of drug-likeness (QED) is 0.682. The Morgan fingerprint density at radius 1 is 1.38 bits per heavy atom. The van der Waals surface area contributed by atoms with Crippen molar-refractivity contribution in [1.82, 2.24) is 5.32 Å². The molecule has 3 N–H and O–H groups in total. The lowest BCUT2D eigenvalue weighted by Gasteiger charge is -2.26. The summed E-state index contributed by atoms with van der Waals surface area (Å²) in [5, 5.41) is 2.64. The highest BCUT2D eigenvalue weighted by molar-refractivity contribution is 5.67. The van der Waals surface area contributed by atoms with Gasteiger partial charge in [-0.3, -0.25) is 0 Å². The van der Waals surface area contributed by atoms with Crippen LogP contribution in [-0.2, 0) is 4.74 Å². The minimum absolute atomic E-state index is 0.299. The number of alkyl carbamates (subject to hydrolysis) is 1. The van der Waals surface area contributed by atoms with Gasteiger partial charge in [0.25, 0.3) is 0 Å². The fourth-order valence-electron chi connectivity index (χ4n) is 0.930. The molecular weight excluding hydrogens is 168 g/mol. The van der Waals surface area contributed by atoms with Crippen molar-refractivity contribution in [1.29, 1.82) is 0 Å². The monoisotopic (exact) mass is 188 g/mol. The standard InChI is InChI=1S/C9H20N2O2/c1-4-9(10,5-2)7-11-8(12)13-6-3/h4-7,10H2,1-3H3,(H,11,12). The summed E-state index contributed by atoms with van der Waals surface area (Å²) in [4.78, 5) is 10.9. The molecular formula is C9H20N2O2. The smallest absolute Gasteiger partial charge is 0.407 e. The van der Waals surface area contributed by atoms with E-state index in [9.17, 15) is 4.79 Å². The molecule has 0 fully saturated rings. The Morgan fingerprint density at radius 2 is 1.92 bits per heavy atom. The molecule has 13 heavy (non-hydrogen) atoms. The molecule has 0 aromatic heterocycles. The molecule has 0 aliphatic carbocycles. The molecule has 0 heterocycles. The Kier molecular flexibility index (Phi) is 5.46. The summed E-state index contributed by atoms with van der Waals surface area (Å²) in [5.74, 6) is 0. The molecule has 78 valence electrons. The number of ether oxygens (including phenoxy) is 1. The maximum Gasteiger partial charge on any atom is 0.407 e. The highest BCUT2D eigenvalue weighted by Crippen LogP contribution is 2.09. The first kappa shape index (κ1) is 12.2. The predicted octanol–water partition coefficient (Wildman–Crippen LogP) is 1.25. The second-order valence-corrected chi connectivity index (χ2v) is 3.14. The molecule has 0 atom stereocenters. The van der Waals surface area contributed by atoms with Crippen molar-refractivity contribution in [3.8, 4) is 0 Å². The van der Waals surface area contributed by atoms with Crippen LogP contribution < -0.4 is 11.1 Å². The summed E-state index contributed by atoms with van der Waals surface area (Å²) < 4.78 is 4.72. The SMILES string of the molecule is CCOC(=O)NCC(N)(CC)CC. The van der Waals surface area contributed by atoms with Gasteiger partial charge in [-0.05, 0) is 19.8 Å². The summed E-state index contributed by atoms with van der Waals surface area (Å²) in [6, 6.07) is 0. The van der Waals surface area contributed by atoms with Gasteiger partial charge in [0.1, 0.15) is 0 Å². The van der Waals surface area contributed by atoms with Gasteiger partial charge in [0.05, 0.1) is 6.61 Å². The molecule has 0 unspecified atom stereocenters. The highest BCUT2D eigenvalue weighted by Gasteiger charge is 2.20. The van der Waals surface area contributed by atoms with Crippen LogP contribution in [0.1, 0.15) is 33.6 Å². The Bertz CT molecular complexity index is 156. The average Bonchev–Trinajstić information content (AvgIpc) is 2.15. The summed E-state index contributed by atoms with van der Waals surface area (Å²) in [7, 11) is 0. The van der Waals surface area contributed by atoms with Crippen LogP contribution in [0.15, 0.2) is 0 Å². The third-order valence-electron chi connectivity index (χ3n) is 2.27. The van der Waals surface area contributed by atoms with E-state index in [0.717, 1.165) is 12.8 Å². The van der Waals surface area contributed by atoms with Gasteiger partial charge in [0.2, 0.25) is 0 Å². The number of hydrogen-bond donors (Lipinski definition) is 2. The Morgan fingerprint density at radius 3 is 2.31 bits per heavy atom. The number of nitrogens with two attached hydrogens (primary N) is 1. The largest absolute Gasteiger partial charge is 0.450 e.